The monoisotopic (exact) mass is 213 g/mol. The van der Waals surface area contributed by atoms with Crippen molar-refractivity contribution in [2.45, 2.75) is 31.7 Å². The topological polar surface area (TPSA) is 44.4 Å². The molecule has 1 rings (SSSR count). The summed E-state index contributed by atoms with van der Waals surface area (Å²) in [5, 5.41) is 6.45. The number of amides is 1. The second-order valence-corrected chi connectivity index (χ2v) is 4.91. The van der Waals surface area contributed by atoms with Crippen LogP contribution < -0.4 is 10.6 Å². The Kier molecular flexibility index (Phi) is 4.54. The average molecular weight is 213 g/mol. The normalized spacial score (nSPS) is 20.3. The first-order valence-electron chi connectivity index (χ1n) is 5.68. The fourth-order valence-electron chi connectivity index (χ4n) is 1.83. The van der Waals surface area contributed by atoms with Gasteiger partial charge in [-0.3, -0.25) is 4.79 Å². The molecule has 0 radical (unpaired) electrons. The van der Waals surface area contributed by atoms with Crippen LogP contribution in [0.5, 0.6) is 0 Å². The lowest BCUT2D eigenvalue weighted by molar-refractivity contribution is -0.123. The molecule has 1 saturated heterocycles. The molecule has 88 valence electrons. The highest BCUT2D eigenvalue weighted by Crippen LogP contribution is 2.16. The third kappa shape index (κ3) is 4.62. The largest absolute Gasteiger partial charge is 0.351 e. The van der Waals surface area contributed by atoms with Crippen molar-refractivity contribution in [3.05, 3.63) is 0 Å². The Morgan fingerprint density at radius 2 is 2.00 bits per heavy atom. The van der Waals surface area contributed by atoms with Crippen molar-refractivity contribution in [1.29, 1.82) is 0 Å². The fraction of sp³-hybridized carbons (Fsp3) is 0.909. The number of carbonyl (C=O) groups excluding carboxylic acids is 1. The lowest BCUT2D eigenvalue weighted by Crippen LogP contribution is -2.52. The number of hydrogen-bond donors (Lipinski definition) is 2. The minimum absolute atomic E-state index is 0.00858. The zero-order chi connectivity index (χ0) is 11.3. The van der Waals surface area contributed by atoms with Crippen LogP contribution >= 0.6 is 0 Å². The van der Waals surface area contributed by atoms with Crippen molar-refractivity contribution in [2.75, 3.05) is 33.7 Å². The highest BCUT2D eigenvalue weighted by atomic mass is 16.1. The summed E-state index contributed by atoms with van der Waals surface area (Å²) in [6.45, 7) is 4.97. The number of carbonyl (C=O) groups is 1. The fourth-order valence-corrected chi connectivity index (χ4v) is 1.83. The van der Waals surface area contributed by atoms with Gasteiger partial charge in [-0.1, -0.05) is 0 Å². The van der Waals surface area contributed by atoms with Crippen molar-refractivity contribution >= 4 is 5.91 Å². The molecule has 0 aliphatic carbocycles. The van der Waals surface area contributed by atoms with Crippen molar-refractivity contribution in [1.82, 2.24) is 15.5 Å². The van der Waals surface area contributed by atoms with E-state index >= 15 is 0 Å². The van der Waals surface area contributed by atoms with Crippen LogP contribution in [0.15, 0.2) is 0 Å². The van der Waals surface area contributed by atoms with Gasteiger partial charge in [-0.25, -0.2) is 0 Å². The molecule has 0 atom stereocenters. The van der Waals surface area contributed by atoms with Crippen LogP contribution in [-0.4, -0.2) is 50.1 Å². The molecule has 0 spiro atoms. The number of nitrogens with zero attached hydrogens (tertiary/aromatic N) is 1. The first-order chi connectivity index (χ1) is 7.02. The van der Waals surface area contributed by atoms with Gasteiger partial charge in [0.25, 0.3) is 0 Å². The Hall–Kier alpha value is -0.610. The van der Waals surface area contributed by atoms with E-state index in [-0.39, 0.29) is 11.4 Å². The third-order valence-electron chi connectivity index (χ3n) is 2.93. The van der Waals surface area contributed by atoms with Crippen LogP contribution in [-0.2, 0) is 4.79 Å². The Balaban J connectivity index is 2.29. The molecule has 1 aliphatic heterocycles. The lowest BCUT2D eigenvalue weighted by atomic mass is 9.90. The van der Waals surface area contributed by atoms with E-state index in [1.54, 1.807) is 0 Å². The Morgan fingerprint density at radius 1 is 1.40 bits per heavy atom. The van der Waals surface area contributed by atoms with E-state index < -0.39 is 0 Å². The predicted octanol–water partition coefficient (Wildman–Crippen LogP) is 0.196. The average Bonchev–Trinajstić information content (AvgIpc) is 2.15. The third-order valence-corrected chi connectivity index (χ3v) is 2.93. The molecular weight excluding hydrogens is 190 g/mol. The summed E-state index contributed by atoms with van der Waals surface area (Å²) in [4.78, 5) is 13.7. The summed E-state index contributed by atoms with van der Waals surface area (Å²) >= 11 is 0. The molecule has 0 saturated carbocycles. The molecule has 4 heteroatoms. The summed E-state index contributed by atoms with van der Waals surface area (Å²) in [6.07, 6.45) is 2.65. The molecule has 4 nitrogen and oxygen atoms in total. The molecule has 0 aromatic rings. The van der Waals surface area contributed by atoms with Crippen LogP contribution in [0.25, 0.3) is 0 Å². The lowest BCUT2D eigenvalue weighted by Gasteiger charge is -2.35. The predicted molar refractivity (Wildman–Crippen MR) is 61.8 cm³/mol. The molecule has 0 bridgehead atoms. The molecule has 1 amide bonds. The second-order valence-electron chi connectivity index (χ2n) is 4.91. The molecule has 1 aliphatic rings. The van der Waals surface area contributed by atoms with E-state index in [0.717, 1.165) is 32.5 Å². The summed E-state index contributed by atoms with van der Waals surface area (Å²) in [7, 11) is 3.97. The van der Waals surface area contributed by atoms with E-state index in [9.17, 15) is 4.79 Å². The van der Waals surface area contributed by atoms with Crippen molar-refractivity contribution < 1.29 is 4.79 Å². The number of rotatable bonds is 4. The summed E-state index contributed by atoms with van der Waals surface area (Å²) < 4.78 is 0. The maximum absolute atomic E-state index is 11.7. The first-order valence-corrected chi connectivity index (χ1v) is 5.68. The van der Waals surface area contributed by atoms with Gasteiger partial charge in [0.15, 0.2) is 0 Å². The zero-order valence-corrected chi connectivity index (χ0v) is 10.1. The van der Waals surface area contributed by atoms with Gasteiger partial charge in [0.05, 0.1) is 0 Å². The molecule has 1 fully saturated rings. The summed E-state index contributed by atoms with van der Waals surface area (Å²) in [5.74, 6) is 0.174. The second kappa shape index (κ2) is 5.47. The number of nitrogens with one attached hydrogen (secondary N) is 2. The van der Waals surface area contributed by atoms with Gasteiger partial charge in [-0.05, 0) is 47.0 Å². The van der Waals surface area contributed by atoms with Gasteiger partial charge in [0, 0.05) is 18.5 Å². The quantitative estimate of drug-likeness (QED) is 0.701. The maximum Gasteiger partial charge on any atom is 0.221 e. The smallest absolute Gasteiger partial charge is 0.221 e. The Bertz CT molecular complexity index is 210. The Morgan fingerprint density at radius 3 is 2.53 bits per heavy atom. The SMILES string of the molecule is CN(C)CCC(=O)NC1(C)CCNCC1. The van der Waals surface area contributed by atoms with E-state index in [0.29, 0.717) is 6.42 Å². The van der Waals surface area contributed by atoms with Gasteiger partial charge >= 0.3 is 0 Å². The molecule has 2 N–H and O–H groups in total. The van der Waals surface area contributed by atoms with Crippen LogP contribution in [0, 0.1) is 0 Å². The first kappa shape index (κ1) is 12.5. The van der Waals surface area contributed by atoms with Crippen LogP contribution in [0.1, 0.15) is 26.2 Å². The maximum atomic E-state index is 11.7. The van der Waals surface area contributed by atoms with Crippen molar-refractivity contribution in [2.24, 2.45) is 0 Å². The molecule has 15 heavy (non-hydrogen) atoms. The molecule has 0 aromatic carbocycles. The minimum Gasteiger partial charge on any atom is -0.351 e. The zero-order valence-electron chi connectivity index (χ0n) is 10.1. The Labute approximate surface area is 92.4 Å². The van der Waals surface area contributed by atoms with Gasteiger partial charge in [-0.15, -0.1) is 0 Å². The van der Waals surface area contributed by atoms with Gasteiger partial charge in [-0.2, -0.15) is 0 Å². The summed E-state index contributed by atoms with van der Waals surface area (Å²) in [5.41, 5.74) is 0.00858. The van der Waals surface area contributed by atoms with Gasteiger partial charge < -0.3 is 15.5 Å². The van der Waals surface area contributed by atoms with E-state index in [2.05, 4.69) is 17.6 Å². The van der Waals surface area contributed by atoms with Crippen molar-refractivity contribution in [3.63, 3.8) is 0 Å². The van der Waals surface area contributed by atoms with E-state index in [1.165, 1.54) is 0 Å². The standard InChI is InChI=1S/C11H23N3O/c1-11(5-7-12-8-6-11)13-10(15)4-9-14(2)3/h12H,4-9H2,1-3H3,(H,13,15). The van der Waals surface area contributed by atoms with Crippen LogP contribution in [0.4, 0.5) is 0 Å². The van der Waals surface area contributed by atoms with Crippen LogP contribution in [0.3, 0.4) is 0 Å². The van der Waals surface area contributed by atoms with Crippen molar-refractivity contribution in [3.8, 4) is 0 Å². The minimum atomic E-state index is 0.00858. The van der Waals surface area contributed by atoms with Gasteiger partial charge in [0.2, 0.25) is 5.91 Å². The van der Waals surface area contributed by atoms with Gasteiger partial charge in [0.1, 0.15) is 0 Å². The molecule has 1 heterocycles. The van der Waals surface area contributed by atoms with E-state index in [4.69, 9.17) is 0 Å². The van der Waals surface area contributed by atoms with E-state index in [1.807, 2.05) is 19.0 Å². The highest BCUT2D eigenvalue weighted by Gasteiger charge is 2.27. The molecular formula is C11H23N3O. The number of hydrogen-bond acceptors (Lipinski definition) is 3. The molecule has 0 aromatic heterocycles. The summed E-state index contributed by atoms with van der Waals surface area (Å²) in [6, 6.07) is 0. The highest BCUT2D eigenvalue weighted by molar-refractivity contribution is 5.76. The molecule has 0 unspecified atom stereocenters. The number of piperidine rings is 1. The van der Waals surface area contributed by atoms with Crippen LogP contribution in [0.2, 0.25) is 0 Å².